The summed E-state index contributed by atoms with van der Waals surface area (Å²) in [5.74, 6) is 0.566. The van der Waals surface area contributed by atoms with Crippen molar-refractivity contribution in [2.45, 2.75) is 32.7 Å². The largest absolute Gasteiger partial charge is 0.357 e. The molecule has 0 aliphatic heterocycles. The number of rotatable bonds is 6. The predicted octanol–water partition coefficient (Wildman–Crippen LogP) is 3.82. The third-order valence-electron chi connectivity index (χ3n) is 3.96. The number of aryl methyl sites for hydroxylation is 1. The highest BCUT2D eigenvalue weighted by Crippen LogP contribution is 2.22. The molecule has 0 unspecified atom stereocenters. The lowest BCUT2D eigenvalue weighted by molar-refractivity contribution is 0.503. The van der Waals surface area contributed by atoms with Gasteiger partial charge in [-0.1, -0.05) is 26.0 Å². The molecule has 138 valence electrons. The minimum absolute atomic E-state index is 0. The molecule has 0 saturated carbocycles. The Morgan fingerprint density at radius 3 is 2.60 bits per heavy atom. The average Bonchev–Trinajstić information content (AvgIpc) is 2.95. The highest BCUT2D eigenvalue weighted by atomic mass is 127. The molecule has 6 heteroatoms. The van der Waals surface area contributed by atoms with Gasteiger partial charge in [-0.15, -0.1) is 24.0 Å². The quantitative estimate of drug-likeness (QED) is 0.393. The number of aliphatic imine (C=N–C) groups is 1. The van der Waals surface area contributed by atoms with Crippen molar-refractivity contribution >= 4 is 29.9 Å². The van der Waals surface area contributed by atoms with Crippen LogP contribution < -0.4 is 10.6 Å². The van der Waals surface area contributed by atoms with Gasteiger partial charge in [-0.25, -0.2) is 9.38 Å². The fourth-order valence-electron chi connectivity index (χ4n) is 2.48. The number of halogens is 2. The molecule has 0 aliphatic rings. The second-order valence-electron chi connectivity index (χ2n) is 6.63. The lowest BCUT2D eigenvalue weighted by Gasteiger charge is -2.26. The maximum absolute atomic E-state index is 13.5. The Hall–Kier alpha value is -1.57. The summed E-state index contributed by atoms with van der Waals surface area (Å²) in [6.07, 6.45) is 4.07. The van der Waals surface area contributed by atoms with E-state index in [4.69, 9.17) is 0 Å². The van der Waals surface area contributed by atoms with Crippen molar-refractivity contribution in [3.05, 3.63) is 59.7 Å². The molecule has 0 amide bonds. The third-order valence-corrected chi connectivity index (χ3v) is 3.96. The van der Waals surface area contributed by atoms with E-state index in [9.17, 15) is 4.39 Å². The van der Waals surface area contributed by atoms with Gasteiger partial charge in [0, 0.05) is 37.9 Å². The van der Waals surface area contributed by atoms with Crippen molar-refractivity contribution in [2.24, 2.45) is 12.0 Å². The van der Waals surface area contributed by atoms with Crippen molar-refractivity contribution in [1.82, 2.24) is 15.2 Å². The number of nitrogens with zero attached hydrogens (tertiary/aromatic N) is 2. The van der Waals surface area contributed by atoms with E-state index >= 15 is 0 Å². The molecule has 0 radical (unpaired) electrons. The monoisotopic (exact) mass is 458 g/mol. The molecule has 0 saturated heterocycles. The van der Waals surface area contributed by atoms with Crippen LogP contribution in [-0.4, -0.2) is 23.6 Å². The van der Waals surface area contributed by atoms with Gasteiger partial charge in [0.15, 0.2) is 5.96 Å². The molecular formula is C19H28FIN4. The van der Waals surface area contributed by atoms with Crippen molar-refractivity contribution in [3.63, 3.8) is 0 Å². The number of guanidine groups is 1. The van der Waals surface area contributed by atoms with E-state index in [2.05, 4.69) is 41.7 Å². The second kappa shape index (κ2) is 9.79. The molecule has 1 aromatic heterocycles. The first kappa shape index (κ1) is 21.5. The molecule has 0 atom stereocenters. The Kier molecular flexibility index (Phi) is 8.41. The summed E-state index contributed by atoms with van der Waals surface area (Å²) in [7, 11) is 2.00. The van der Waals surface area contributed by atoms with Crippen molar-refractivity contribution in [1.29, 1.82) is 0 Å². The van der Waals surface area contributed by atoms with Gasteiger partial charge >= 0.3 is 0 Å². The molecule has 1 heterocycles. The molecule has 25 heavy (non-hydrogen) atoms. The molecule has 1 aromatic carbocycles. The predicted molar refractivity (Wildman–Crippen MR) is 113 cm³/mol. The Morgan fingerprint density at radius 1 is 1.24 bits per heavy atom. The molecule has 0 bridgehead atoms. The van der Waals surface area contributed by atoms with Crippen molar-refractivity contribution in [3.8, 4) is 0 Å². The summed E-state index contributed by atoms with van der Waals surface area (Å²) in [6.45, 7) is 8.30. The van der Waals surface area contributed by atoms with Gasteiger partial charge in [0.2, 0.25) is 0 Å². The Labute approximate surface area is 166 Å². The van der Waals surface area contributed by atoms with Gasteiger partial charge in [-0.3, -0.25) is 0 Å². The molecule has 2 N–H and O–H groups in total. The Morgan fingerprint density at radius 2 is 2.00 bits per heavy atom. The topological polar surface area (TPSA) is 41.4 Å². The minimum Gasteiger partial charge on any atom is -0.357 e. The zero-order chi connectivity index (χ0) is 17.6. The van der Waals surface area contributed by atoms with Gasteiger partial charge < -0.3 is 15.2 Å². The third kappa shape index (κ3) is 6.68. The standard InChI is InChI=1S/C19H27FN4.HI/c1-5-21-18(22-12-15-9-10-24(4)13-15)23-14-19(2,3)16-7-6-8-17(20)11-16;/h6-11,13H,5,12,14H2,1-4H3,(H2,21,22,23);1H. The van der Waals surface area contributed by atoms with Crippen molar-refractivity contribution in [2.75, 3.05) is 13.1 Å². The first-order chi connectivity index (χ1) is 11.4. The van der Waals surface area contributed by atoms with Crippen LogP contribution in [0.5, 0.6) is 0 Å². The number of nitrogens with one attached hydrogen (secondary N) is 2. The van der Waals surface area contributed by atoms with E-state index in [1.165, 1.54) is 11.6 Å². The van der Waals surface area contributed by atoms with Gasteiger partial charge in [0.25, 0.3) is 0 Å². The zero-order valence-corrected chi connectivity index (χ0v) is 17.7. The summed E-state index contributed by atoms with van der Waals surface area (Å²) >= 11 is 0. The van der Waals surface area contributed by atoms with E-state index in [0.29, 0.717) is 13.1 Å². The average molecular weight is 458 g/mol. The maximum Gasteiger partial charge on any atom is 0.191 e. The van der Waals surface area contributed by atoms with Gasteiger partial charge in [0.1, 0.15) is 5.82 Å². The van der Waals surface area contributed by atoms with E-state index < -0.39 is 0 Å². The Bertz CT molecular complexity index is 694. The SMILES string of the molecule is CCNC(=NCc1ccn(C)c1)NCC(C)(C)c1cccc(F)c1.I. The van der Waals surface area contributed by atoms with Crippen LogP contribution in [0.3, 0.4) is 0 Å². The fraction of sp³-hybridized carbons (Fsp3) is 0.421. The van der Waals surface area contributed by atoms with E-state index in [1.807, 2.05) is 30.8 Å². The first-order valence-corrected chi connectivity index (χ1v) is 8.30. The lowest BCUT2D eigenvalue weighted by Crippen LogP contribution is -2.43. The fourth-order valence-corrected chi connectivity index (χ4v) is 2.48. The van der Waals surface area contributed by atoms with Crippen LogP contribution in [0.2, 0.25) is 0 Å². The first-order valence-electron chi connectivity index (χ1n) is 8.30. The highest BCUT2D eigenvalue weighted by Gasteiger charge is 2.21. The summed E-state index contributed by atoms with van der Waals surface area (Å²) < 4.78 is 15.5. The van der Waals surface area contributed by atoms with Gasteiger partial charge in [-0.05, 0) is 36.2 Å². The summed E-state index contributed by atoms with van der Waals surface area (Å²) in [4.78, 5) is 4.62. The molecule has 2 aromatic rings. The smallest absolute Gasteiger partial charge is 0.191 e. The second-order valence-corrected chi connectivity index (χ2v) is 6.63. The Balaban J connectivity index is 0.00000312. The molecule has 2 rings (SSSR count). The highest BCUT2D eigenvalue weighted by molar-refractivity contribution is 14.0. The summed E-state index contributed by atoms with van der Waals surface area (Å²) in [5, 5.41) is 6.62. The van der Waals surface area contributed by atoms with Crippen LogP contribution in [0.1, 0.15) is 31.9 Å². The number of hydrogen-bond acceptors (Lipinski definition) is 1. The maximum atomic E-state index is 13.5. The molecular weight excluding hydrogens is 430 g/mol. The van der Waals surface area contributed by atoms with Crippen LogP contribution in [0, 0.1) is 5.82 Å². The summed E-state index contributed by atoms with van der Waals surface area (Å²) in [5.41, 5.74) is 1.93. The van der Waals surface area contributed by atoms with Gasteiger partial charge in [-0.2, -0.15) is 0 Å². The van der Waals surface area contributed by atoms with Crippen LogP contribution in [-0.2, 0) is 19.0 Å². The summed E-state index contributed by atoms with van der Waals surface area (Å²) in [6, 6.07) is 8.83. The van der Waals surface area contributed by atoms with Gasteiger partial charge in [0.05, 0.1) is 6.54 Å². The van der Waals surface area contributed by atoms with Crippen molar-refractivity contribution < 1.29 is 4.39 Å². The number of hydrogen-bond donors (Lipinski definition) is 2. The number of aromatic nitrogens is 1. The van der Waals surface area contributed by atoms with E-state index in [-0.39, 0.29) is 35.2 Å². The molecule has 4 nitrogen and oxygen atoms in total. The van der Waals surface area contributed by atoms with Crippen LogP contribution in [0.25, 0.3) is 0 Å². The minimum atomic E-state index is -0.203. The molecule has 0 aliphatic carbocycles. The normalized spacial score (nSPS) is 11.8. The van der Waals surface area contributed by atoms with Crippen LogP contribution >= 0.6 is 24.0 Å². The van der Waals surface area contributed by atoms with Crippen LogP contribution in [0.15, 0.2) is 47.7 Å². The molecule has 0 spiro atoms. The zero-order valence-electron chi connectivity index (χ0n) is 15.3. The molecule has 0 fully saturated rings. The van der Waals surface area contributed by atoms with E-state index in [1.54, 1.807) is 12.1 Å². The lowest BCUT2D eigenvalue weighted by atomic mass is 9.84. The van der Waals surface area contributed by atoms with Crippen LogP contribution in [0.4, 0.5) is 4.39 Å². The van der Waals surface area contributed by atoms with E-state index in [0.717, 1.165) is 18.1 Å². The number of benzene rings is 1.